The van der Waals surface area contributed by atoms with Crippen LogP contribution in [0.4, 0.5) is 0 Å². The molecule has 0 radical (unpaired) electrons. The maximum Gasteiger partial charge on any atom is 0.0794 e. The molecule has 3 nitrogen and oxygen atoms in total. The van der Waals surface area contributed by atoms with Crippen molar-refractivity contribution < 1.29 is 5.11 Å². The van der Waals surface area contributed by atoms with Gasteiger partial charge >= 0.3 is 0 Å². The number of β-amino-alcohol motifs (C(OH)–C–C–N with tert-alkyl or cyclic N) is 1. The summed E-state index contributed by atoms with van der Waals surface area (Å²) < 4.78 is 0. The van der Waals surface area contributed by atoms with E-state index in [0.717, 1.165) is 26.1 Å². The van der Waals surface area contributed by atoms with Crippen LogP contribution in [0.1, 0.15) is 29.5 Å². The summed E-state index contributed by atoms with van der Waals surface area (Å²) in [5.74, 6) is 0. The molecule has 1 aliphatic carbocycles. The normalized spacial score (nSPS) is 21.8. The van der Waals surface area contributed by atoms with Crippen LogP contribution in [0.5, 0.6) is 0 Å². The van der Waals surface area contributed by atoms with Crippen LogP contribution in [-0.4, -0.2) is 53.2 Å². The smallest absolute Gasteiger partial charge is 0.0794 e. The number of piperidine rings is 1. The molecular formula is C22H26N2O. The van der Waals surface area contributed by atoms with Crippen LogP contribution < -0.4 is 0 Å². The number of likely N-dealkylation sites (tertiary alicyclic amines) is 2. The van der Waals surface area contributed by atoms with Gasteiger partial charge in [0.05, 0.1) is 6.10 Å². The highest BCUT2D eigenvalue weighted by Crippen LogP contribution is 2.37. The van der Waals surface area contributed by atoms with E-state index in [4.69, 9.17) is 0 Å². The summed E-state index contributed by atoms with van der Waals surface area (Å²) in [7, 11) is 0. The quantitative estimate of drug-likeness (QED) is 0.798. The second kappa shape index (κ2) is 6.24. The minimum Gasteiger partial charge on any atom is -0.390 e. The Morgan fingerprint density at radius 1 is 0.920 bits per heavy atom. The number of nitrogens with zero attached hydrogens (tertiary/aromatic N) is 2. The first-order chi connectivity index (χ1) is 12.3. The van der Waals surface area contributed by atoms with Crippen LogP contribution in [0.15, 0.2) is 42.5 Å². The molecule has 0 aromatic heterocycles. The molecule has 2 aromatic rings. The second-order valence-electron chi connectivity index (χ2n) is 7.94. The van der Waals surface area contributed by atoms with Gasteiger partial charge in [-0.05, 0) is 60.2 Å². The van der Waals surface area contributed by atoms with Crippen molar-refractivity contribution in [1.82, 2.24) is 9.80 Å². The average Bonchev–Trinajstić information content (AvgIpc) is 2.97. The van der Waals surface area contributed by atoms with E-state index in [-0.39, 0.29) is 6.10 Å². The molecule has 0 atom stereocenters. The van der Waals surface area contributed by atoms with Gasteiger partial charge < -0.3 is 5.11 Å². The summed E-state index contributed by atoms with van der Waals surface area (Å²) in [5.41, 5.74) is 7.25. The van der Waals surface area contributed by atoms with Crippen molar-refractivity contribution in [3.63, 3.8) is 0 Å². The van der Waals surface area contributed by atoms with Crippen molar-refractivity contribution in [2.45, 2.75) is 38.0 Å². The van der Waals surface area contributed by atoms with Gasteiger partial charge in [-0.15, -0.1) is 0 Å². The lowest BCUT2D eigenvalue weighted by Crippen LogP contribution is -2.57. The first-order valence-electron chi connectivity index (χ1n) is 9.61. The van der Waals surface area contributed by atoms with Gasteiger partial charge in [-0.1, -0.05) is 42.5 Å². The second-order valence-corrected chi connectivity index (χ2v) is 7.94. The SMILES string of the molecule is OC1CN(C2CCN(Cc3ccc4c(c3)Cc3ccccc3-4)CC2)C1. The van der Waals surface area contributed by atoms with E-state index in [1.165, 1.54) is 53.7 Å². The first-order valence-corrected chi connectivity index (χ1v) is 9.61. The number of hydrogen-bond acceptors (Lipinski definition) is 3. The molecule has 130 valence electrons. The molecule has 0 saturated carbocycles. The molecule has 3 heteroatoms. The average molecular weight is 334 g/mol. The summed E-state index contributed by atoms with van der Waals surface area (Å²) >= 11 is 0. The number of aliphatic hydroxyl groups excluding tert-OH is 1. The molecule has 25 heavy (non-hydrogen) atoms. The van der Waals surface area contributed by atoms with E-state index in [0.29, 0.717) is 6.04 Å². The number of hydrogen-bond donors (Lipinski definition) is 1. The summed E-state index contributed by atoms with van der Waals surface area (Å²) in [4.78, 5) is 5.05. The third-order valence-electron chi connectivity index (χ3n) is 6.23. The van der Waals surface area contributed by atoms with Crippen LogP contribution in [0.2, 0.25) is 0 Å². The van der Waals surface area contributed by atoms with Crippen molar-refractivity contribution in [2.24, 2.45) is 0 Å². The van der Waals surface area contributed by atoms with Crippen molar-refractivity contribution in [3.8, 4) is 11.1 Å². The van der Waals surface area contributed by atoms with Gasteiger partial charge in [0.25, 0.3) is 0 Å². The molecule has 1 N–H and O–H groups in total. The van der Waals surface area contributed by atoms with Crippen molar-refractivity contribution in [1.29, 1.82) is 0 Å². The van der Waals surface area contributed by atoms with Crippen molar-refractivity contribution >= 4 is 0 Å². The molecule has 0 unspecified atom stereocenters. The Labute approximate surface area is 149 Å². The van der Waals surface area contributed by atoms with Gasteiger partial charge in [-0.3, -0.25) is 9.80 Å². The highest BCUT2D eigenvalue weighted by Gasteiger charge is 2.32. The zero-order valence-electron chi connectivity index (χ0n) is 14.7. The highest BCUT2D eigenvalue weighted by atomic mass is 16.3. The topological polar surface area (TPSA) is 26.7 Å². The van der Waals surface area contributed by atoms with Gasteiger partial charge in [0.1, 0.15) is 0 Å². The lowest BCUT2D eigenvalue weighted by Gasteiger charge is -2.45. The lowest BCUT2D eigenvalue weighted by atomic mass is 9.98. The molecule has 2 heterocycles. The fraction of sp³-hybridized carbons (Fsp3) is 0.455. The maximum atomic E-state index is 9.49. The zero-order valence-corrected chi connectivity index (χ0v) is 14.7. The number of benzene rings is 2. The summed E-state index contributed by atoms with van der Waals surface area (Å²) in [6, 6.07) is 16.5. The van der Waals surface area contributed by atoms with E-state index in [9.17, 15) is 5.11 Å². The molecule has 2 aromatic carbocycles. The van der Waals surface area contributed by atoms with E-state index >= 15 is 0 Å². The van der Waals surface area contributed by atoms with Crippen LogP contribution in [0.25, 0.3) is 11.1 Å². The Kier molecular flexibility index (Phi) is 3.89. The van der Waals surface area contributed by atoms with Gasteiger partial charge in [0, 0.05) is 25.7 Å². The fourth-order valence-corrected chi connectivity index (χ4v) is 4.78. The number of aliphatic hydroxyl groups is 1. The monoisotopic (exact) mass is 334 g/mol. The predicted molar refractivity (Wildman–Crippen MR) is 101 cm³/mol. The molecule has 2 saturated heterocycles. The molecular weight excluding hydrogens is 308 g/mol. The molecule has 0 spiro atoms. The molecule has 2 aliphatic heterocycles. The third kappa shape index (κ3) is 2.91. The van der Waals surface area contributed by atoms with Crippen LogP contribution >= 0.6 is 0 Å². The Hall–Kier alpha value is -1.68. The van der Waals surface area contributed by atoms with Gasteiger partial charge in [0.15, 0.2) is 0 Å². The molecule has 0 bridgehead atoms. The summed E-state index contributed by atoms with van der Waals surface area (Å²) in [5, 5.41) is 9.49. The van der Waals surface area contributed by atoms with E-state index in [1.54, 1.807) is 0 Å². The summed E-state index contributed by atoms with van der Waals surface area (Å²) in [6.45, 7) is 5.19. The molecule has 2 fully saturated rings. The van der Waals surface area contributed by atoms with Crippen LogP contribution in [-0.2, 0) is 13.0 Å². The number of fused-ring (bicyclic) bond motifs is 3. The number of rotatable bonds is 3. The third-order valence-corrected chi connectivity index (χ3v) is 6.23. The zero-order chi connectivity index (χ0) is 16.8. The van der Waals surface area contributed by atoms with Crippen LogP contribution in [0, 0.1) is 0 Å². The largest absolute Gasteiger partial charge is 0.390 e. The highest BCUT2D eigenvalue weighted by molar-refractivity contribution is 5.76. The first kappa shape index (κ1) is 15.6. The van der Waals surface area contributed by atoms with E-state index < -0.39 is 0 Å². The Morgan fingerprint density at radius 2 is 1.68 bits per heavy atom. The lowest BCUT2D eigenvalue weighted by molar-refractivity contribution is -0.0402. The van der Waals surface area contributed by atoms with Gasteiger partial charge in [-0.2, -0.15) is 0 Å². The van der Waals surface area contributed by atoms with Crippen LogP contribution in [0.3, 0.4) is 0 Å². The minimum atomic E-state index is -0.0754. The van der Waals surface area contributed by atoms with Crippen molar-refractivity contribution in [3.05, 3.63) is 59.2 Å². The van der Waals surface area contributed by atoms with Crippen molar-refractivity contribution in [2.75, 3.05) is 26.2 Å². The molecule has 3 aliphatic rings. The van der Waals surface area contributed by atoms with Gasteiger partial charge in [-0.25, -0.2) is 0 Å². The Bertz CT molecular complexity index is 773. The standard InChI is InChI=1S/C22H26N2O/c25-20-14-24(15-20)19-7-9-23(10-8-19)13-16-5-6-22-18(11-16)12-17-3-1-2-4-21(17)22/h1-6,11,19-20,25H,7-10,12-15H2. The molecule has 5 rings (SSSR count). The van der Waals surface area contributed by atoms with E-state index in [2.05, 4.69) is 52.3 Å². The Morgan fingerprint density at radius 3 is 2.48 bits per heavy atom. The summed E-state index contributed by atoms with van der Waals surface area (Å²) in [6.07, 6.45) is 3.49. The Balaban J connectivity index is 1.22. The van der Waals surface area contributed by atoms with Gasteiger partial charge in [0.2, 0.25) is 0 Å². The minimum absolute atomic E-state index is 0.0754. The van der Waals surface area contributed by atoms with E-state index in [1.807, 2.05) is 0 Å². The fourth-order valence-electron chi connectivity index (χ4n) is 4.78. The maximum absolute atomic E-state index is 9.49. The predicted octanol–water partition coefficient (Wildman–Crippen LogP) is 2.90. The molecule has 0 amide bonds.